The number of ether oxygens (including phenoxy) is 2. The van der Waals surface area contributed by atoms with E-state index in [1.54, 1.807) is 0 Å². The van der Waals surface area contributed by atoms with Crippen molar-refractivity contribution < 1.29 is 9.47 Å². The van der Waals surface area contributed by atoms with E-state index in [0.717, 1.165) is 39.4 Å². The first-order valence-corrected chi connectivity index (χ1v) is 15.6. The van der Waals surface area contributed by atoms with Gasteiger partial charge in [0, 0.05) is 27.6 Å². The van der Waals surface area contributed by atoms with Crippen LogP contribution in [0.1, 0.15) is 0 Å². The molecule has 0 unspecified atom stereocenters. The number of aromatic nitrogens is 1. The highest BCUT2D eigenvalue weighted by atomic mass is 16.7. The normalized spacial score (nSPS) is 12.2. The molecule has 0 aliphatic carbocycles. The molecule has 1 aliphatic rings. The standard InChI is InChI=1S/C43H29NO2/c1-3-11-29(12-4-1)32-23-33(30-13-5-2-6-14-30)25-34(24-32)31-19-21-42-38(26-31)39-27-35(20-22-43(39)46-28-45-42)44-40-17-9-7-15-36(40)37-16-8-10-18-41(37)44/h1-27H,28H2. The summed E-state index contributed by atoms with van der Waals surface area (Å²) in [6.45, 7) is 0.162. The molecule has 3 nitrogen and oxygen atoms in total. The fourth-order valence-electron chi connectivity index (χ4n) is 6.79. The largest absolute Gasteiger partial charge is 0.457 e. The summed E-state index contributed by atoms with van der Waals surface area (Å²) < 4.78 is 14.6. The Morgan fingerprint density at radius 1 is 0.370 bits per heavy atom. The van der Waals surface area contributed by atoms with Gasteiger partial charge in [-0.15, -0.1) is 0 Å². The van der Waals surface area contributed by atoms with Gasteiger partial charge in [-0.3, -0.25) is 0 Å². The molecule has 3 heteroatoms. The van der Waals surface area contributed by atoms with Gasteiger partial charge in [0.25, 0.3) is 0 Å². The molecule has 7 aromatic carbocycles. The maximum Gasteiger partial charge on any atom is 0.230 e. The van der Waals surface area contributed by atoms with E-state index in [9.17, 15) is 0 Å². The fraction of sp³-hybridized carbons (Fsp3) is 0.0233. The molecule has 0 amide bonds. The van der Waals surface area contributed by atoms with E-state index in [0.29, 0.717) is 0 Å². The van der Waals surface area contributed by atoms with E-state index in [-0.39, 0.29) is 6.79 Å². The molecule has 0 bridgehead atoms. The average Bonchev–Trinajstić information content (AvgIpc) is 3.35. The summed E-state index contributed by atoms with van der Waals surface area (Å²) in [5, 5.41) is 2.48. The number of fused-ring (bicyclic) bond motifs is 6. The van der Waals surface area contributed by atoms with Crippen molar-refractivity contribution in [3.8, 4) is 61.7 Å². The predicted molar refractivity (Wildman–Crippen MR) is 189 cm³/mol. The van der Waals surface area contributed by atoms with Crippen molar-refractivity contribution in [2.45, 2.75) is 0 Å². The van der Waals surface area contributed by atoms with Crippen molar-refractivity contribution in [1.82, 2.24) is 4.57 Å². The molecular weight excluding hydrogens is 562 g/mol. The van der Waals surface area contributed by atoms with Crippen LogP contribution in [0.2, 0.25) is 0 Å². The maximum atomic E-state index is 6.15. The molecule has 1 aromatic heterocycles. The van der Waals surface area contributed by atoms with Crippen LogP contribution in [0.5, 0.6) is 11.5 Å². The Hall–Kier alpha value is -6.06. The maximum absolute atomic E-state index is 6.15. The highest BCUT2D eigenvalue weighted by Crippen LogP contribution is 2.44. The second-order valence-electron chi connectivity index (χ2n) is 11.7. The quantitative estimate of drug-likeness (QED) is 0.203. The third-order valence-corrected chi connectivity index (χ3v) is 8.98. The Bertz CT molecular complexity index is 2280. The number of rotatable bonds is 4. The summed E-state index contributed by atoms with van der Waals surface area (Å²) in [6, 6.07) is 58.1. The summed E-state index contributed by atoms with van der Waals surface area (Å²) in [6.07, 6.45) is 0. The lowest BCUT2D eigenvalue weighted by Gasteiger charge is -2.15. The molecule has 1 aliphatic heterocycles. The van der Waals surface area contributed by atoms with Crippen molar-refractivity contribution in [3.63, 3.8) is 0 Å². The van der Waals surface area contributed by atoms with Gasteiger partial charge in [0.2, 0.25) is 6.79 Å². The van der Waals surface area contributed by atoms with E-state index in [2.05, 4.69) is 168 Å². The minimum Gasteiger partial charge on any atom is -0.457 e. The minimum atomic E-state index is 0.162. The molecular formula is C43H29NO2. The Balaban J connectivity index is 1.23. The van der Waals surface area contributed by atoms with Crippen LogP contribution in [0.15, 0.2) is 164 Å². The molecule has 0 spiro atoms. The third-order valence-electron chi connectivity index (χ3n) is 8.98. The molecule has 0 N–H and O–H groups in total. The van der Waals surface area contributed by atoms with E-state index in [1.165, 1.54) is 44.1 Å². The Morgan fingerprint density at radius 3 is 1.43 bits per heavy atom. The molecule has 8 aromatic rings. The first-order valence-electron chi connectivity index (χ1n) is 15.6. The molecule has 0 atom stereocenters. The zero-order valence-corrected chi connectivity index (χ0v) is 25.1. The van der Waals surface area contributed by atoms with Crippen molar-refractivity contribution in [1.29, 1.82) is 0 Å². The van der Waals surface area contributed by atoms with Crippen LogP contribution in [-0.2, 0) is 0 Å². The van der Waals surface area contributed by atoms with Gasteiger partial charge < -0.3 is 14.0 Å². The van der Waals surface area contributed by atoms with Gasteiger partial charge in [0.15, 0.2) is 0 Å². The van der Waals surface area contributed by atoms with Gasteiger partial charge in [-0.25, -0.2) is 0 Å². The first kappa shape index (κ1) is 26.4. The van der Waals surface area contributed by atoms with Gasteiger partial charge in [0.1, 0.15) is 11.5 Å². The minimum absolute atomic E-state index is 0.162. The second kappa shape index (κ2) is 10.8. The second-order valence-corrected chi connectivity index (χ2v) is 11.7. The molecule has 0 saturated heterocycles. The zero-order chi connectivity index (χ0) is 30.5. The van der Waals surface area contributed by atoms with Crippen LogP contribution in [-0.4, -0.2) is 11.4 Å². The monoisotopic (exact) mass is 591 g/mol. The molecule has 0 fully saturated rings. The summed E-state index contributed by atoms with van der Waals surface area (Å²) in [4.78, 5) is 0. The van der Waals surface area contributed by atoms with Gasteiger partial charge in [0.05, 0.1) is 11.0 Å². The van der Waals surface area contributed by atoms with Gasteiger partial charge in [-0.2, -0.15) is 0 Å². The van der Waals surface area contributed by atoms with E-state index >= 15 is 0 Å². The predicted octanol–water partition coefficient (Wildman–Crippen LogP) is 11.2. The Kier molecular flexibility index (Phi) is 6.20. The van der Waals surface area contributed by atoms with Crippen LogP contribution in [0.3, 0.4) is 0 Å². The lowest BCUT2D eigenvalue weighted by molar-refractivity contribution is 0.125. The number of benzene rings is 7. The Morgan fingerprint density at radius 2 is 0.848 bits per heavy atom. The van der Waals surface area contributed by atoms with Crippen LogP contribution in [0.25, 0.3) is 72.0 Å². The molecule has 0 radical (unpaired) electrons. The summed E-state index contributed by atoms with van der Waals surface area (Å²) in [5.41, 5.74) is 12.5. The SMILES string of the molecule is c1ccc(-c2cc(-c3ccccc3)cc(-c3ccc4c(c3)-c3cc(-n5c6ccccc6c6ccccc65)ccc3OCO4)c2)cc1. The number of nitrogens with zero attached hydrogens (tertiary/aromatic N) is 1. The molecule has 46 heavy (non-hydrogen) atoms. The van der Waals surface area contributed by atoms with E-state index < -0.39 is 0 Å². The third kappa shape index (κ3) is 4.44. The van der Waals surface area contributed by atoms with Crippen molar-refractivity contribution in [2.24, 2.45) is 0 Å². The highest BCUT2D eigenvalue weighted by Gasteiger charge is 2.20. The van der Waals surface area contributed by atoms with Crippen molar-refractivity contribution in [3.05, 3.63) is 164 Å². The fourth-order valence-corrected chi connectivity index (χ4v) is 6.79. The summed E-state index contributed by atoms with van der Waals surface area (Å²) in [7, 11) is 0. The van der Waals surface area contributed by atoms with Gasteiger partial charge >= 0.3 is 0 Å². The summed E-state index contributed by atoms with van der Waals surface area (Å²) >= 11 is 0. The smallest absolute Gasteiger partial charge is 0.230 e. The molecule has 218 valence electrons. The van der Waals surface area contributed by atoms with Gasteiger partial charge in [-0.1, -0.05) is 103 Å². The lowest BCUT2D eigenvalue weighted by Crippen LogP contribution is -2.03. The highest BCUT2D eigenvalue weighted by molar-refractivity contribution is 6.09. The first-order chi connectivity index (χ1) is 22.8. The number of hydrogen-bond acceptors (Lipinski definition) is 2. The molecule has 9 rings (SSSR count). The lowest BCUT2D eigenvalue weighted by atomic mass is 9.91. The number of hydrogen-bond donors (Lipinski definition) is 0. The zero-order valence-electron chi connectivity index (χ0n) is 25.1. The molecule has 0 saturated carbocycles. The van der Waals surface area contributed by atoms with Gasteiger partial charge in [-0.05, 0) is 94.0 Å². The Labute approximate surface area is 267 Å². The van der Waals surface area contributed by atoms with E-state index in [1.807, 2.05) is 0 Å². The van der Waals surface area contributed by atoms with Crippen molar-refractivity contribution >= 4 is 21.8 Å². The topological polar surface area (TPSA) is 23.4 Å². The number of para-hydroxylation sites is 2. The average molecular weight is 592 g/mol. The van der Waals surface area contributed by atoms with Crippen molar-refractivity contribution in [2.75, 3.05) is 6.79 Å². The summed E-state index contributed by atoms with van der Waals surface area (Å²) in [5.74, 6) is 1.62. The van der Waals surface area contributed by atoms with Crippen LogP contribution < -0.4 is 9.47 Å². The van der Waals surface area contributed by atoms with Crippen LogP contribution in [0.4, 0.5) is 0 Å². The van der Waals surface area contributed by atoms with E-state index in [4.69, 9.17) is 9.47 Å². The van der Waals surface area contributed by atoms with Crippen LogP contribution in [0, 0.1) is 0 Å². The van der Waals surface area contributed by atoms with Crippen LogP contribution >= 0.6 is 0 Å². The molecule has 2 heterocycles.